The van der Waals surface area contributed by atoms with E-state index in [0.29, 0.717) is 6.42 Å². The Morgan fingerprint density at radius 3 is 2.69 bits per heavy atom. The number of hydrogen-bond acceptors (Lipinski definition) is 2. The monoisotopic (exact) mass is 182 g/mol. The molecule has 0 aliphatic heterocycles. The minimum Gasteiger partial charge on any atom is -0.435 e. The highest BCUT2D eigenvalue weighted by Crippen LogP contribution is 1.99. The van der Waals surface area contributed by atoms with Gasteiger partial charge in [-0.25, -0.2) is 0 Å². The Morgan fingerprint density at radius 1 is 1.38 bits per heavy atom. The summed E-state index contributed by atoms with van der Waals surface area (Å²) in [6.07, 6.45) is 10.0. The molecule has 0 aromatic heterocycles. The average molecular weight is 182 g/mol. The molecule has 0 N–H and O–H groups in total. The van der Waals surface area contributed by atoms with E-state index in [1.807, 2.05) is 6.08 Å². The summed E-state index contributed by atoms with van der Waals surface area (Å²) < 4.78 is 4.56. The molecule has 2 nitrogen and oxygen atoms in total. The lowest BCUT2D eigenvalue weighted by atomic mass is 10.2. The van der Waals surface area contributed by atoms with Crippen LogP contribution in [0.2, 0.25) is 0 Å². The molecule has 0 rings (SSSR count). The van der Waals surface area contributed by atoms with Crippen molar-refractivity contribution >= 4 is 5.97 Å². The van der Waals surface area contributed by atoms with Crippen LogP contribution in [-0.4, -0.2) is 5.97 Å². The second-order valence-corrected chi connectivity index (χ2v) is 2.81. The van der Waals surface area contributed by atoms with Crippen molar-refractivity contribution in [2.75, 3.05) is 0 Å². The lowest BCUT2D eigenvalue weighted by molar-refractivity contribution is -0.137. The van der Waals surface area contributed by atoms with E-state index in [2.05, 4.69) is 24.3 Å². The average Bonchev–Trinajstić information content (AvgIpc) is 2.11. The molecule has 0 spiro atoms. The zero-order valence-corrected chi connectivity index (χ0v) is 8.29. The van der Waals surface area contributed by atoms with Gasteiger partial charge >= 0.3 is 5.97 Å². The van der Waals surface area contributed by atoms with Crippen LogP contribution >= 0.6 is 0 Å². The molecule has 0 aliphatic rings. The predicted octanol–water partition coefficient (Wildman–Crippen LogP) is 3.20. The highest BCUT2D eigenvalue weighted by molar-refractivity contribution is 5.70. The third-order valence-corrected chi connectivity index (χ3v) is 1.62. The maximum atomic E-state index is 10.8. The molecule has 0 bridgehead atoms. The van der Waals surface area contributed by atoms with Crippen molar-refractivity contribution in [1.82, 2.24) is 0 Å². The first kappa shape index (κ1) is 11.9. The van der Waals surface area contributed by atoms with E-state index in [0.717, 1.165) is 12.8 Å². The molecular weight excluding hydrogens is 164 g/mol. The largest absolute Gasteiger partial charge is 0.435 e. The Kier molecular flexibility index (Phi) is 8.31. The van der Waals surface area contributed by atoms with Gasteiger partial charge in [-0.2, -0.15) is 0 Å². The van der Waals surface area contributed by atoms with Crippen molar-refractivity contribution in [3.63, 3.8) is 0 Å². The molecule has 0 saturated heterocycles. The van der Waals surface area contributed by atoms with Gasteiger partial charge in [0.05, 0.1) is 6.26 Å². The van der Waals surface area contributed by atoms with E-state index in [1.54, 1.807) is 0 Å². The number of esters is 1. The van der Waals surface area contributed by atoms with Gasteiger partial charge in [0.15, 0.2) is 0 Å². The van der Waals surface area contributed by atoms with Gasteiger partial charge in [0, 0.05) is 6.42 Å². The standard InChI is InChI=1S/C11H18O2/c1-3-5-6-7-8-9-10-11(12)13-4-2/h4,7-8H,2-3,5-6,9-10H2,1H3/b8-7+. The smallest absolute Gasteiger partial charge is 0.310 e. The van der Waals surface area contributed by atoms with Crippen LogP contribution in [0.15, 0.2) is 25.0 Å². The van der Waals surface area contributed by atoms with Crippen LogP contribution in [0.1, 0.15) is 39.0 Å². The molecule has 74 valence electrons. The zero-order chi connectivity index (χ0) is 9.94. The van der Waals surface area contributed by atoms with Crippen LogP contribution in [-0.2, 0) is 9.53 Å². The molecular formula is C11H18O2. The highest BCUT2D eigenvalue weighted by Gasteiger charge is 1.96. The van der Waals surface area contributed by atoms with Gasteiger partial charge in [-0.1, -0.05) is 38.5 Å². The summed E-state index contributed by atoms with van der Waals surface area (Å²) in [6.45, 7) is 5.47. The van der Waals surface area contributed by atoms with Crippen molar-refractivity contribution in [1.29, 1.82) is 0 Å². The van der Waals surface area contributed by atoms with Gasteiger partial charge in [0.1, 0.15) is 0 Å². The van der Waals surface area contributed by atoms with E-state index < -0.39 is 0 Å². The molecule has 0 aromatic carbocycles. The minimum atomic E-state index is -0.213. The van der Waals surface area contributed by atoms with Crippen molar-refractivity contribution < 1.29 is 9.53 Å². The maximum Gasteiger partial charge on any atom is 0.310 e. The molecule has 0 saturated carbocycles. The summed E-state index contributed by atoms with van der Waals surface area (Å²) in [4.78, 5) is 10.8. The number of ether oxygens (including phenoxy) is 1. The summed E-state index contributed by atoms with van der Waals surface area (Å²) in [6, 6.07) is 0. The number of carbonyl (C=O) groups is 1. The summed E-state index contributed by atoms with van der Waals surface area (Å²) in [5.74, 6) is -0.213. The number of unbranched alkanes of at least 4 members (excludes halogenated alkanes) is 2. The van der Waals surface area contributed by atoms with Crippen LogP contribution in [0.5, 0.6) is 0 Å². The number of allylic oxidation sites excluding steroid dienone is 2. The number of carbonyl (C=O) groups excluding carboxylic acids is 1. The fraction of sp³-hybridized carbons (Fsp3) is 0.545. The summed E-state index contributed by atoms with van der Waals surface area (Å²) in [5, 5.41) is 0. The summed E-state index contributed by atoms with van der Waals surface area (Å²) in [5.41, 5.74) is 0. The Morgan fingerprint density at radius 2 is 2.08 bits per heavy atom. The van der Waals surface area contributed by atoms with Crippen molar-refractivity contribution in [2.24, 2.45) is 0 Å². The second kappa shape index (κ2) is 9.04. The zero-order valence-electron chi connectivity index (χ0n) is 8.29. The van der Waals surface area contributed by atoms with Crippen molar-refractivity contribution in [3.8, 4) is 0 Å². The highest BCUT2D eigenvalue weighted by atomic mass is 16.5. The first-order valence-electron chi connectivity index (χ1n) is 4.76. The second-order valence-electron chi connectivity index (χ2n) is 2.81. The van der Waals surface area contributed by atoms with Crippen molar-refractivity contribution in [3.05, 3.63) is 25.0 Å². The molecule has 0 heterocycles. The quantitative estimate of drug-likeness (QED) is 0.261. The molecule has 0 atom stereocenters. The van der Waals surface area contributed by atoms with Crippen LogP contribution < -0.4 is 0 Å². The van der Waals surface area contributed by atoms with E-state index in [4.69, 9.17) is 0 Å². The van der Waals surface area contributed by atoms with Gasteiger partial charge in [0.2, 0.25) is 0 Å². The van der Waals surface area contributed by atoms with E-state index in [1.165, 1.54) is 19.1 Å². The maximum absolute atomic E-state index is 10.8. The topological polar surface area (TPSA) is 26.3 Å². The van der Waals surface area contributed by atoms with Crippen LogP contribution in [0, 0.1) is 0 Å². The Labute approximate surface area is 80.3 Å². The lowest BCUT2D eigenvalue weighted by Crippen LogP contribution is -1.97. The van der Waals surface area contributed by atoms with E-state index >= 15 is 0 Å². The molecule has 0 amide bonds. The first-order chi connectivity index (χ1) is 6.31. The van der Waals surface area contributed by atoms with Crippen LogP contribution in [0.3, 0.4) is 0 Å². The van der Waals surface area contributed by atoms with E-state index in [-0.39, 0.29) is 5.97 Å². The van der Waals surface area contributed by atoms with Crippen LogP contribution in [0.4, 0.5) is 0 Å². The minimum absolute atomic E-state index is 0.213. The molecule has 0 unspecified atom stereocenters. The van der Waals surface area contributed by atoms with Crippen molar-refractivity contribution in [2.45, 2.75) is 39.0 Å². The van der Waals surface area contributed by atoms with Gasteiger partial charge in [0.25, 0.3) is 0 Å². The SMILES string of the molecule is C=COC(=O)CC/C=C/CCCC. The molecule has 13 heavy (non-hydrogen) atoms. The third-order valence-electron chi connectivity index (χ3n) is 1.62. The molecule has 0 fully saturated rings. The molecule has 0 aliphatic carbocycles. The third kappa shape index (κ3) is 8.86. The number of hydrogen-bond donors (Lipinski definition) is 0. The van der Waals surface area contributed by atoms with Gasteiger partial charge in [-0.15, -0.1) is 0 Å². The molecule has 0 radical (unpaired) electrons. The first-order valence-corrected chi connectivity index (χ1v) is 4.76. The Bertz CT molecular complexity index is 171. The molecule has 0 aromatic rings. The van der Waals surface area contributed by atoms with Gasteiger partial charge in [-0.05, 0) is 12.8 Å². The summed E-state index contributed by atoms with van der Waals surface area (Å²) in [7, 11) is 0. The van der Waals surface area contributed by atoms with E-state index in [9.17, 15) is 4.79 Å². The predicted molar refractivity (Wildman–Crippen MR) is 54.2 cm³/mol. The number of rotatable bonds is 7. The lowest BCUT2D eigenvalue weighted by Gasteiger charge is -1.94. The Hall–Kier alpha value is -1.05. The molecule has 2 heteroatoms. The fourth-order valence-corrected chi connectivity index (χ4v) is 0.911. The van der Waals surface area contributed by atoms with Crippen LogP contribution in [0.25, 0.3) is 0 Å². The Balaban J connectivity index is 3.28. The fourth-order valence-electron chi connectivity index (χ4n) is 0.911. The van der Waals surface area contributed by atoms with Gasteiger partial charge in [-0.3, -0.25) is 4.79 Å². The normalized spacial score (nSPS) is 10.2. The van der Waals surface area contributed by atoms with Gasteiger partial charge < -0.3 is 4.74 Å². The summed E-state index contributed by atoms with van der Waals surface area (Å²) >= 11 is 0.